The molecule has 1 aliphatic heterocycles. The summed E-state index contributed by atoms with van der Waals surface area (Å²) in [5.74, 6) is 1.05. The highest BCUT2D eigenvalue weighted by Gasteiger charge is 2.06. The van der Waals surface area contributed by atoms with Crippen molar-refractivity contribution in [3.63, 3.8) is 0 Å². The predicted octanol–water partition coefficient (Wildman–Crippen LogP) is 3.45. The van der Waals surface area contributed by atoms with Crippen LogP contribution in [-0.2, 0) is 5.75 Å². The Labute approximate surface area is 86.9 Å². The van der Waals surface area contributed by atoms with Crippen molar-refractivity contribution in [3.8, 4) is 0 Å². The van der Waals surface area contributed by atoms with Crippen molar-refractivity contribution in [2.24, 2.45) is 0 Å². The lowest BCUT2D eigenvalue weighted by Crippen LogP contribution is -1.94. The summed E-state index contributed by atoms with van der Waals surface area (Å²) in [6, 6.07) is 10.5. The zero-order chi connectivity index (χ0) is 9.38. The molecule has 68 valence electrons. The molecular formula is C12H9NS. The van der Waals surface area contributed by atoms with Gasteiger partial charge < -0.3 is 0 Å². The number of rotatable bonds is 0. The van der Waals surface area contributed by atoms with E-state index in [1.165, 1.54) is 10.9 Å². The average molecular weight is 199 g/mol. The van der Waals surface area contributed by atoms with Gasteiger partial charge >= 0.3 is 0 Å². The van der Waals surface area contributed by atoms with Gasteiger partial charge in [-0.3, -0.25) is 0 Å². The Morgan fingerprint density at radius 2 is 2.14 bits per heavy atom. The molecule has 1 aromatic heterocycles. The number of para-hydroxylation sites is 1. The lowest BCUT2D eigenvalue weighted by Gasteiger charge is -2.09. The molecule has 0 fully saturated rings. The van der Waals surface area contributed by atoms with E-state index in [-0.39, 0.29) is 0 Å². The molecule has 0 aliphatic carbocycles. The van der Waals surface area contributed by atoms with Crippen LogP contribution in [0.1, 0.15) is 11.3 Å². The Morgan fingerprint density at radius 3 is 3.14 bits per heavy atom. The lowest BCUT2D eigenvalue weighted by atomic mass is 10.1. The van der Waals surface area contributed by atoms with Gasteiger partial charge in [0, 0.05) is 11.1 Å². The smallest absolute Gasteiger partial charge is 0.0709 e. The lowest BCUT2D eigenvalue weighted by molar-refractivity contribution is 1.27. The Bertz CT molecular complexity index is 517. The third-order valence-corrected chi connectivity index (χ3v) is 3.20. The fourth-order valence-electron chi connectivity index (χ4n) is 1.68. The van der Waals surface area contributed by atoms with E-state index in [1.807, 2.05) is 17.8 Å². The third kappa shape index (κ3) is 1.23. The summed E-state index contributed by atoms with van der Waals surface area (Å²) in [6.45, 7) is 0. The van der Waals surface area contributed by atoms with Gasteiger partial charge in [0.1, 0.15) is 0 Å². The molecule has 0 atom stereocenters. The van der Waals surface area contributed by atoms with Gasteiger partial charge in [-0.1, -0.05) is 18.2 Å². The van der Waals surface area contributed by atoms with Gasteiger partial charge in [0.15, 0.2) is 0 Å². The standard InChI is InChI=1S/C12H9NS/c1-2-4-11-9(3-1)7-10-8-14-6-5-12(10)13-11/h1-7H,8H2. The number of hydrogen-bond donors (Lipinski definition) is 0. The summed E-state index contributed by atoms with van der Waals surface area (Å²) in [5, 5.41) is 3.35. The second-order valence-corrected chi connectivity index (χ2v) is 4.23. The number of hydrogen-bond acceptors (Lipinski definition) is 2. The molecule has 1 aromatic carbocycles. The van der Waals surface area contributed by atoms with E-state index in [0.717, 1.165) is 17.0 Å². The summed E-state index contributed by atoms with van der Waals surface area (Å²) in [7, 11) is 0. The summed E-state index contributed by atoms with van der Waals surface area (Å²) in [4.78, 5) is 4.62. The molecule has 2 heteroatoms. The van der Waals surface area contributed by atoms with Crippen LogP contribution in [0.5, 0.6) is 0 Å². The van der Waals surface area contributed by atoms with Gasteiger partial charge in [-0.2, -0.15) is 0 Å². The highest BCUT2D eigenvalue weighted by atomic mass is 32.2. The van der Waals surface area contributed by atoms with Gasteiger partial charge in [-0.05, 0) is 29.2 Å². The van der Waals surface area contributed by atoms with E-state index in [0.29, 0.717) is 0 Å². The molecule has 0 radical (unpaired) electrons. The molecule has 2 aromatic rings. The van der Waals surface area contributed by atoms with Crippen molar-refractivity contribution >= 4 is 28.7 Å². The van der Waals surface area contributed by atoms with Crippen molar-refractivity contribution in [3.05, 3.63) is 47.0 Å². The maximum absolute atomic E-state index is 4.62. The summed E-state index contributed by atoms with van der Waals surface area (Å²) < 4.78 is 0. The van der Waals surface area contributed by atoms with Gasteiger partial charge in [-0.25, -0.2) is 4.98 Å². The van der Waals surface area contributed by atoms with Crippen LogP contribution < -0.4 is 0 Å². The number of pyridine rings is 1. The van der Waals surface area contributed by atoms with Crippen molar-refractivity contribution in [1.29, 1.82) is 0 Å². The molecule has 3 rings (SSSR count). The third-order valence-electron chi connectivity index (χ3n) is 2.40. The minimum Gasteiger partial charge on any atom is -0.248 e. The van der Waals surface area contributed by atoms with Crippen molar-refractivity contribution in [2.75, 3.05) is 0 Å². The van der Waals surface area contributed by atoms with Crippen LogP contribution in [0.15, 0.2) is 35.7 Å². The fourth-order valence-corrected chi connectivity index (χ4v) is 2.42. The van der Waals surface area contributed by atoms with Crippen LogP contribution in [0.25, 0.3) is 17.0 Å². The van der Waals surface area contributed by atoms with Crippen LogP contribution in [0.3, 0.4) is 0 Å². The highest BCUT2D eigenvalue weighted by molar-refractivity contribution is 8.01. The van der Waals surface area contributed by atoms with Crippen molar-refractivity contribution in [2.45, 2.75) is 5.75 Å². The number of thioether (sulfide) groups is 1. The first-order valence-electron chi connectivity index (χ1n) is 4.60. The van der Waals surface area contributed by atoms with Crippen LogP contribution in [-0.4, -0.2) is 4.98 Å². The molecule has 0 unspecified atom stereocenters. The van der Waals surface area contributed by atoms with Crippen LogP contribution >= 0.6 is 11.8 Å². The Hall–Kier alpha value is -1.28. The van der Waals surface area contributed by atoms with Gasteiger partial charge in [0.05, 0.1) is 11.2 Å². The van der Waals surface area contributed by atoms with Crippen LogP contribution in [0, 0.1) is 0 Å². The first-order chi connectivity index (χ1) is 6.93. The first-order valence-corrected chi connectivity index (χ1v) is 5.65. The minimum absolute atomic E-state index is 1.05. The normalized spacial score (nSPS) is 14.3. The Kier molecular flexibility index (Phi) is 1.81. The maximum atomic E-state index is 4.62. The summed E-state index contributed by atoms with van der Waals surface area (Å²) in [5.41, 5.74) is 3.56. The molecule has 0 N–H and O–H groups in total. The maximum Gasteiger partial charge on any atom is 0.0709 e. The molecule has 1 aliphatic rings. The minimum atomic E-state index is 1.05. The zero-order valence-corrected chi connectivity index (χ0v) is 8.42. The van der Waals surface area contributed by atoms with Gasteiger partial charge in [0.2, 0.25) is 0 Å². The molecular weight excluding hydrogens is 190 g/mol. The molecule has 2 heterocycles. The van der Waals surface area contributed by atoms with E-state index >= 15 is 0 Å². The number of aromatic nitrogens is 1. The first kappa shape index (κ1) is 8.06. The molecule has 0 amide bonds. The predicted molar refractivity (Wildman–Crippen MR) is 62.1 cm³/mol. The molecule has 14 heavy (non-hydrogen) atoms. The van der Waals surface area contributed by atoms with Crippen LogP contribution in [0.4, 0.5) is 0 Å². The van der Waals surface area contributed by atoms with Gasteiger partial charge in [-0.15, -0.1) is 11.8 Å². The molecule has 0 bridgehead atoms. The second kappa shape index (κ2) is 3.14. The average Bonchev–Trinajstić information content (AvgIpc) is 2.26. The topological polar surface area (TPSA) is 12.9 Å². The Balaban J connectivity index is 2.34. The number of fused-ring (bicyclic) bond motifs is 2. The van der Waals surface area contributed by atoms with Crippen molar-refractivity contribution < 1.29 is 0 Å². The van der Waals surface area contributed by atoms with E-state index in [4.69, 9.17) is 0 Å². The molecule has 0 spiro atoms. The number of benzene rings is 1. The van der Waals surface area contributed by atoms with E-state index in [9.17, 15) is 0 Å². The molecule has 1 nitrogen and oxygen atoms in total. The van der Waals surface area contributed by atoms with E-state index in [2.05, 4.69) is 40.7 Å². The summed E-state index contributed by atoms with van der Waals surface area (Å²) in [6.07, 6.45) is 2.09. The Morgan fingerprint density at radius 1 is 1.21 bits per heavy atom. The highest BCUT2D eigenvalue weighted by Crippen LogP contribution is 2.26. The van der Waals surface area contributed by atoms with Crippen molar-refractivity contribution in [1.82, 2.24) is 4.98 Å². The molecule has 0 saturated carbocycles. The largest absolute Gasteiger partial charge is 0.248 e. The van der Waals surface area contributed by atoms with Gasteiger partial charge in [0.25, 0.3) is 0 Å². The fraction of sp³-hybridized carbons (Fsp3) is 0.0833. The van der Waals surface area contributed by atoms with Crippen LogP contribution in [0.2, 0.25) is 0 Å². The monoisotopic (exact) mass is 199 g/mol. The second-order valence-electron chi connectivity index (χ2n) is 3.34. The summed E-state index contributed by atoms with van der Waals surface area (Å²) >= 11 is 1.83. The zero-order valence-electron chi connectivity index (χ0n) is 7.60. The molecule has 0 saturated heterocycles. The SMILES string of the molecule is C1=Cc2nc3ccccc3cc2CS1. The quantitative estimate of drug-likeness (QED) is 0.644. The van der Waals surface area contributed by atoms with E-state index < -0.39 is 0 Å². The number of nitrogens with zero attached hydrogens (tertiary/aromatic N) is 1. The van der Waals surface area contributed by atoms with E-state index in [1.54, 1.807) is 0 Å².